The molecule has 0 amide bonds. The van der Waals surface area contributed by atoms with E-state index >= 15 is 0 Å². The number of fused-ring (bicyclic) bond motifs is 1. The number of nitrogens with two attached hydrogens (primary N) is 1. The van der Waals surface area contributed by atoms with Gasteiger partial charge in [0, 0.05) is 24.6 Å². The van der Waals surface area contributed by atoms with Crippen LogP contribution in [0.1, 0.15) is 5.82 Å². The van der Waals surface area contributed by atoms with E-state index in [1.54, 1.807) is 26.4 Å². The molecule has 25 heavy (non-hydrogen) atoms. The smallest absolute Gasteiger partial charge is 0.178 e. The Labute approximate surface area is 145 Å². The van der Waals surface area contributed by atoms with Gasteiger partial charge < -0.3 is 19.2 Å². The number of nitrogens with zero attached hydrogens (tertiary/aromatic N) is 3. The van der Waals surface area contributed by atoms with Crippen molar-refractivity contribution in [1.82, 2.24) is 9.97 Å². The van der Waals surface area contributed by atoms with E-state index in [-0.39, 0.29) is 0 Å². The van der Waals surface area contributed by atoms with Crippen LogP contribution in [-0.2, 0) is 0 Å². The van der Waals surface area contributed by atoms with Crippen molar-refractivity contribution < 1.29 is 14.3 Å². The van der Waals surface area contributed by atoms with Gasteiger partial charge in [-0.3, -0.25) is 0 Å². The lowest BCUT2D eigenvalue weighted by Crippen LogP contribution is -2.17. The molecule has 3 rings (SSSR count). The van der Waals surface area contributed by atoms with Crippen LogP contribution >= 0.6 is 0 Å². The minimum atomic E-state index is 0.416. The number of hydrogen-bond acceptors (Lipinski definition) is 7. The summed E-state index contributed by atoms with van der Waals surface area (Å²) < 4.78 is 10.8. The molecule has 2 aromatic carbocycles. The van der Waals surface area contributed by atoms with Gasteiger partial charge in [-0.15, -0.1) is 0 Å². The highest BCUT2D eigenvalue weighted by atomic mass is 16.6. The van der Waals surface area contributed by atoms with Crippen LogP contribution in [0.2, 0.25) is 0 Å². The van der Waals surface area contributed by atoms with Crippen LogP contribution in [0.4, 0.5) is 11.5 Å². The first-order valence-electron chi connectivity index (χ1n) is 7.69. The molecular formula is C18H20N4O3. The third-order valence-corrected chi connectivity index (χ3v) is 3.94. The number of rotatable bonds is 5. The maximum absolute atomic E-state index is 5.51. The Bertz CT molecular complexity index is 889. The summed E-state index contributed by atoms with van der Waals surface area (Å²) in [5.41, 5.74) is 1.51. The second-order valence-electron chi connectivity index (χ2n) is 5.46. The van der Waals surface area contributed by atoms with Crippen molar-refractivity contribution >= 4 is 22.4 Å². The first-order chi connectivity index (χ1) is 12.1. The maximum Gasteiger partial charge on any atom is 0.178 e. The first-order valence-corrected chi connectivity index (χ1v) is 7.69. The highest BCUT2D eigenvalue weighted by molar-refractivity contribution is 5.93. The molecule has 0 spiro atoms. The van der Waals surface area contributed by atoms with E-state index in [0.717, 1.165) is 16.7 Å². The molecule has 1 aromatic heterocycles. The van der Waals surface area contributed by atoms with E-state index in [9.17, 15) is 0 Å². The van der Waals surface area contributed by atoms with Gasteiger partial charge in [0.2, 0.25) is 0 Å². The lowest BCUT2D eigenvalue weighted by Gasteiger charge is -2.24. The molecule has 0 unspecified atom stereocenters. The predicted molar refractivity (Wildman–Crippen MR) is 96.7 cm³/mol. The van der Waals surface area contributed by atoms with Gasteiger partial charge >= 0.3 is 0 Å². The maximum atomic E-state index is 5.51. The molecule has 0 saturated heterocycles. The molecule has 0 fully saturated rings. The van der Waals surface area contributed by atoms with Crippen molar-refractivity contribution in [3.8, 4) is 17.2 Å². The summed E-state index contributed by atoms with van der Waals surface area (Å²) in [5.74, 6) is 8.44. The normalized spacial score (nSPS) is 10.6. The molecule has 0 bridgehead atoms. The number of benzene rings is 2. The molecule has 3 aromatic rings. The Balaban J connectivity index is 2.24. The second-order valence-corrected chi connectivity index (χ2v) is 5.46. The van der Waals surface area contributed by atoms with Gasteiger partial charge in [-0.2, -0.15) is 5.90 Å². The Hall–Kier alpha value is -3.06. The Morgan fingerprint density at radius 1 is 1.00 bits per heavy atom. The molecule has 0 radical (unpaired) electrons. The molecule has 0 aliphatic heterocycles. The number of aromatic nitrogens is 2. The third kappa shape index (κ3) is 3.01. The Morgan fingerprint density at radius 2 is 1.72 bits per heavy atom. The molecule has 130 valence electrons. The van der Waals surface area contributed by atoms with E-state index < -0.39 is 0 Å². The summed E-state index contributed by atoms with van der Waals surface area (Å²) in [6, 6.07) is 11.3. The molecule has 0 aliphatic rings. The number of anilines is 2. The number of ether oxygens (including phenoxy) is 2. The fraction of sp³-hybridized carbons (Fsp3) is 0.222. The Morgan fingerprint density at radius 3 is 2.40 bits per heavy atom. The van der Waals surface area contributed by atoms with Gasteiger partial charge in [-0.25, -0.2) is 9.97 Å². The van der Waals surface area contributed by atoms with Gasteiger partial charge in [0.25, 0.3) is 0 Å². The summed E-state index contributed by atoms with van der Waals surface area (Å²) in [6.07, 6.45) is 0. The predicted octanol–water partition coefficient (Wildman–Crippen LogP) is 2.98. The molecular weight excluding hydrogens is 320 g/mol. The van der Waals surface area contributed by atoms with E-state index in [1.807, 2.05) is 43.1 Å². The minimum Gasteiger partial charge on any atom is -0.496 e. The number of para-hydroxylation sites is 1. The standard InChI is InChI=1S/C18H20N4O3/c1-11-20-14-8-6-5-7-13(14)18(21-11)22(2)17-15(24-4)9-12(23-3)10-16(17)25-19/h5-10H,19H2,1-4H3. The van der Waals surface area contributed by atoms with Gasteiger partial charge in [-0.05, 0) is 19.1 Å². The zero-order valence-corrected chi connectivity index (χ0v) is 14.6. The number of aryl methyl sites for hydroxylation is 1. The average Bonchev–Trinajstić information content (AvgIpc) is 2.65. The van der Waals surface area contributed by atoms with Crippen molar-refractivity contribution in [2.24, 2.45) is 5.90 Å². The highest BCUT2D eigenvalue weighted by Gasteiger charge is 2.21. The topological polar surface area (TPSA) is 82.7 Å². The largest absolute Gasteiger partial charge is 0.496 e. The van der Waals surface area contributed by atoms with E-state index in [0.29, 0.717) is 28.8 Å². The van der Waals surface area contributed by atoms with Crippen molar-refractivity contribution in [3.63, 3.8) is 0 Å². The molecule has 0 atom stereocenters. The van der Waals surface area contributed by atoms with Crippen molar-refractivity contribution in [2.75, 3.05) is 26.2 Å². The molecule has 7 heteroatoms. The summed E-state index contributed by atoms with van der Waals surface area (Å²) >= 11 is 0. The summed E-state index contributed by atoms with van der Waals surface area (Å²) in [7, 11) is 5.02. The van der Waals surface area contributed by atoms with Crippen LogP contribution in [0.5, 0.6) is 17.2 Å². The van der Waals surface area contributed by atoms with Crippen LogP contribution in [0.25, 0.3) is 10.9 Å². The summed E-state index contributed by atoms with van der Waals surface area (Å²) in [6.45, 7) is 1.86. The van der Waals surface area contributed by atoms with E-state index in [2.05, 4.69) is 9.97 Å². The SMILES string of the molecule is COc1cc(OC)c(N(C)c2nc(C)nc3ccccc23)c(ON)c1. The second kappa shape index (κ2) is 6.82. The van der Waals surface area contributed by atoms with Crippen molar-refractivity contribution in [3.05, 3.63) is 42.2 Å². The monoisotopic (exact) mass is 340 g/mol. The molecule has 0 aliphatic carbocycles. The van der Waals surface area contributed by atoms with E-state index in [1.165, 1.54) is 0 Å². The molecule has 2 N–H and O–H groups in total. The average molecular weight is 340 g/mol. The van der Waals surface area contributed by atoms with Crippen molar-refractivity contribution in [1.29, 1.82) is 0 Å². The fourth-order valence-corrected chi connectivity index (χ4v) is 2.79. The lowest BCUT2D eigenvalue weighted by atomic mass is 10.2. The fourth-order valence-electron chi connectivity index (χ4n) is 2.79. The van der Waals surface area contributed by atoms with Crippen LogP contribution in [-0.4, -0.2) is 31.2 Å². The lowest BCUT2D eigenvalue weighted by molar-refractivity contribution is 0.327. The summed E-state index contributed by atoms with van der Waals surface area (Å²) in [4.78, 5) is 16.0. The molecule has 0 saturated carbocycles. The number of hydrogen-bond donors (Lipinski definition) is 1. The molecule has 1 heterocycles. The number of methoxy groups -OCH3 is 2. The van der Waals surface area contributed by atoms with Crippen LogP contribution in [0, 0.1) is 6.92 Å². The molecule has 7 nitrogen and oxygen atoms in total. The zero-order chi connectivity index (χ0) is 18.0. The summed E-state index contributed by atoms with van der Waals surface area (Å²) in [5, 5.41) is 0.913. The first kappa shape index (κ1) is 16.8. The highest BCUT2D eigenvalue weighted by Crippen LogP contribution is 2.44. The van der Waals surface area contributed by atoms with Crippen molar-refractivity contribution in [2.45, 2.75) is 6.92 Å². The van der Waals surface area contributed by atoms with E-state index in [4.69, 9.17) is 20.2 Å². The van der Waals surface area contributed by atoms with Gasteiger partial charge in [0.05, 0.1) is 19.7 Å². The van der Waals surface area contributed by atoms with Gasteiger partial charge in [0.15, 0.2) is 5.75 Å². The van der Waals surface area contributed by atoms with Gasteiger partial charge in [0.1, 0.15) is 28.8 Å². The minimum absolute atomic E-state index is 0.416. The zero-order valence-electron chi connectivity index (χ0n) is 14.6. The third-order valence-electron chi connectivity index (χ3n) is 3.94. The van der Waals surface area contributed by atoms with Crippen LogP contribution in [0.3, 0.4) is 0 Å². The van der Waals surface area contributed by atoms with Crippen LogP contribution < -0.4 is 25.1 Å². The quantitative estimate of drug-likeness (QED) is 0.715. The Kier molecular flexibility index (Phi) is 4.58. The van der Waals surface area contributed by atoms with Crippen LogP contribution in [0.15, 0.2) is 36.4 Å². The van der Waals surface area contributed by atoms with Gasteiger partial charge in [-0.1, -0.05) is 12.1 Å².